The van der Waals surface area contributed by atoms with Crippen molar-refractivity contribution in [2.45, 2.75) is 52.6 Å². The molecule has 6 nitrogen and oxygen atoms in total. The summed E-state index contributed by atoms with van der Waals surface area (Å²) in [6.07, 6.45) is 2.50. The van der Waals surface area contributed by atoms with Crippen molar-refractivity contribution < 1.29 is 19.4 Å². The first kappa shape index (κ1) is 20.1. The van der Waals surface area contributed by atoms with Crippen molar-refractivity contribution in [2.75, 3.05) is 19.6 Å². The first-order valence-corrected chi connectivity index (χ1v) is 9.21. The van der Waals surface area contributed by atoms with Crippen LogP contribution in [0.5, 0.6) is 5.75 Å². The second-order valence-electron chi connectivity index (χ2n) is 8.00. The molecule has 0 aromatic heterocycles. The number of nitrogens with one attached hydrogen (secondary N) is 1. The van der Waals surface area contributed by atoms with E-state index >= 15 is 0 Å². The first-order valence-electron chi connectivity index (χ1n) is 9.21. The van der Waals surface area contributed by atoms with Crippen molar-refractivity contribution >= 4 is 12.0 Å². The van der Waals surface area contributed by atoms with Crippen LogP contribution in [0.15, 0.2) is 18.2 Å². The second kappa shape index (κ2) is 8.43. The first-order chi connectivity index (χ1) is 12.2. The SMILES string of the molecule is Cc1ccc(O)c(C(=O)NCCC2CCCN(C(=O)OC(C)(C)C)C2)c1. The Bertz CT molecular complexity index is 652. The summed E-state index contributed by atoms with van der Waals surface area (Å²) in [5.74, 6) is 0.0514. The van der Waals surface area contributed by atoms with Crippen molar-refractivity contribution in [1.29, 1.82) is 0 Å². The minimum absolute atomic E-state index is 0.0122. The summed E-state index contributed by atoms with van der Waals surface area (Å²) in [6.45, 7) is 9.35. The van der Waals surface area contributed by atoms with Crippen LogP contribution in [-0.2, 0) is 4.74 Å². The van der Waals surface area contributed by atoms with E-state index in [9.17, 15) is 14.7 Å². The molecular formula is C20H30N2O4. The molecular weight excluding hydrogens is 332 g/mol. The number of aromatic hydroxyl groups is 1. The summed E-state index contributed by atoms with van der Waals surface area (Å²) in [6, 6.07) is 4.97. The molecule has 1 aliphatic rings. The van der Waals surface area contributed by atoms with E-state index in [2.05, 4.69) is 5.32 Å². The number of hydrogen-bond donors (Lipinski definition) is 2. The standard InChI is InChI=1S/C20H30N2O4/c1-14-7-8-17(23)16(12-14)18(24)21-10-9-15-6-5-11-22(13-15)19(25)26-20(2,3)4/h7-8,12,15,23H,5-6,9-11,13H2,1-4H3,(H,21,24). The number of hydrogen-bond acceptors (Lipinski definition) is 4. The molecule has 0 saturated carbocycles. The molecule has 0 spiro atoms. The highest BCUT2D eigenvalue weighted by Gasteiger charge is 2.27. The summed E-state index contributed by atoms with van der Waals surface area (Å²) < 4.78 is 5.44. The molecule has 0 aliphatic carbocycles. The quantitative estimate of drug-likeness (QED) is 0.860. The lowest BCUT2D eigenvalue weighted by Crippen LogP contribution is -2.43. The largest absolute Gasteiger partial charge is 0.507 e. The number of carbonyl (C=O) groups excluding carboxylic acids is 2. The molecule has 0 bridgehead atoms. The van der Waals surface area contributed by atoms with Crippen LogP contribution >= 0.6 is 0 Å². The van der Waals surface area contributed by atoms with Gasteiger partial charge in [-0.15, -0.1) is 0 Å². The van der Waals surface area contributed by atoms with Gasteiger partial charge in [0, 0.05) is 19.6 Å². The number of carbonyl (C=O) groups is 2. The number of nitrogens with zero attached hydrogens (tertiary/aromatic N) is 1. The molecule has 1 saturated heterocycles. The monoisotopic (exact) mass is 362 g/mol. The predicted molar refractivity (Wildman–Crippen MR) is 100 cm³/mol. The molecule has 1 aromatic rings. The number of ether oxygens (including phenoxy) is 1. The van der Waals surface area contributed by atoms with Crippen LogP contribution in [0.3, 0.4) is 0 Å². The van der Waals surface area contributed by atoms with Crippen LogP contribution in [0.1, 0.15) is 56.0 Å². The minimum Gasteiger partial charge on any atom is -0.507 e. The topological polar surface area (TPSA) is 78.9 Å². The van der Waals surface area contributed by atoms with E-state index in [1.165, 1.54) is 6.07 Å². The van der Waals surface area contributed by atoms with E-state index in [1.807, 2.05) is 27.7 Å². The van der Waals surface area contributed by atoms with Gasteiger partial charge in [0.05, 0.1) is 5.56 Å². The molecule has 0 radical (unpaired) electrons. The lowest BCUT2D eigenvalue weighted by atomic mass is 9.95. The van der Waals surface area contributed by atoms with Crippen molar-refractivity contribution in [3.8, 4) is 5.75 Å². The van der Waals surface area contributed by atoms with E-state index in [4.69, 9.17) is 4.74 Å². The van der Waals surface area contributed by atoms with Gasteiger partial charge in [0.25, 0.3) is 5.91 Å². The number of amides is 2. The second-order valence-corrected chi connectivity index (χ2v) is 8.00. The van der Waals surface area contributed by atoms with Gasteiger partial charge in [0.1, 0.15) is 11.4 Å². The summed E-state index contributed by atoms with van der Waals surface area (Å²) >= 11 is 0. The lowest BCUT2D eigenvalue weighted by Gasteiger charge is -2.34. The minimum atomic E-state index is -0.492. The molecule has 6 heteroatoms. The third-order valence-corrected chi connectivity index (χ3v) is 4.41. The number of piperidine rings is 1. The Hall–Kier alpha value is -2.24. The Morgan fingerprint density at radius 1 is 1.35 bits per heavy atom. The maximum absolute atomic E-state index is 12.2. The van der Waals surface area contributed by atoms with Gasteiger partial charge in [0.15, 0.2) is 0 Å². The summed E-state index contributed by atoms with van der Waals surface area (Å²) in [5.41, 5.74) is 0.727. The molecule has 1 aromatic carbocycles. The van der Waals surface area contributed by atoms with Crippen molar-refractivity contribution in [3.63, 3.8) is 0 Å². The van der Waals surface area contributed by atoms with Gasteiger partial charge in [-0.2, -0.15) is 0 Å². The summed E-state index contributed by atoms with van der Waals surface area (Å²) in [4.78, 5) is 26.2. The van der Waals surface area contributed by atoms with Crippen LogP contribution in [0.2, 0.25) is 0 Å². The Morgan fingerprint density at radius 3 is 2.77 bits per heavy atom. The number of phenols is 1. The van der Waals surface area contributed by atoms with Gasteiger partial charge >= 0.3 is 6.09 Å². The smallest absolute Gasteiger partial charge is 0.410 e. The maximum Gasteiger partial charge on any atom is 0.410 e. The predicted octanol–water partition coefficient (Wildman–Crippen LogP) is 3.47. The highest BCUT2D eigenvalue weighted by molar-refractivity contribution is 5.96. The molecule has 26 heavy (non-hydrogen) atoms. The molecule has 1 atom stereocenters. The molecule has 144 valence electrons. The Labute approximate surface area is 155 Å². The normalized spacial score (nSPS) is 17.7. The number of benzene rings is 1. The van der Waals surface area contributed by atoms with Crippen molar-refractivity contribution in [2.24, 2.45) is 5.92 Å². The molecule has 1 unspecified atom stereocenters. The van der Waals surface area contributed by atoms with Crippen LogP contribution in [-0.4, -0.2) is 47.2 Å². The Morgan fingerprint density at radius 2 is 2.08 bits per heavy atom. The molecule has 2 amide bonds. The lowest BCUT2D eigenvalue weighted by molar-refractivity contribution is 0.0161. The summed E-state index contributed by atoms with van der Waals surface area (Å²) in [5, 5.41) is 12.7. The van der Waals surface area contributed by atoms with Crippen LogP contribution < -0.4 is 5.32 Å². The van der Waals surface area contributed by atoms with Gasteiger partial charge < -0.3 is 20.1 Å². The zero-order valence-corrected chi connectivity index (χ0v) is 16.2. The molecule has 2 rings (SSSR count). The highest BCUT2D eigenvalue weighted by atomic mass is 16.6. The van der Waals surface area contributed by atoms with Crippen molar-refractivity contribution in [1.82, 2.24) is 10.2 Å². The number of likely N-dealkylation sites (tertiary alicyclic amines) is 1. The van der Waals surface area contributed by atoms with Gasteiger partial charge in [-0.05, 0) is 65.0 Å². The van der Waals surface area contributed by atoms with Crippen LogP contribution in [0, 0.1) is 12.8 Å². The average Bonchev–Trinajstić information content (AvgIpc) is 2.55. The fourth-order valence-electron chi connectivity index (χ4n) is 3.11. The van der Waals surface area contributed by atoms with E-state index in [-0.39, 0.29) is 17.7 Å². The zero-order chi connectivity index (χ0) is 19.3. The molecule has 1 aliphatic heterocycles. The van der Waals surface area contributed by atoms with Gasteiger partial charge in [0.2, 0.25) is 0 Å². The van der Waals surface area contributed by atoms with E-state index in [0.717, 1.165) is 31.4 Å². The number of aryl methyl sites for hydroxylation is 1. The molecule has 1 heterocycles. The van der Waals surface area contributed by atoms with Crippen LogP contribution in [0.4, 0.5) is 4.79 Å². The Kier molecular flexibility index (Phi) is 6.51. The van der Waals surface area contributed by atoms with E-state index in [0.29, 0.717) is 24.6 Å². The fourth-order valence-corrected chi connectivity index (χ4v) is 3.11. The molecule has 1 fully saturated rings. The van der Waals surface area contributed by atoms with Gasteiger partial charge in [-0.25, -0.2) is 4.79 Å². The molecule has 2 N–H and O–H groups in total. The average molecular weight is 362 g/mol. The zero-order valence-electron chi connectivity index (χ0n) is 16.2. The van der Waals surface area contributed by atoms with Gasteiger partial charge in [-0.3, -0.25) is 4.79 Å². The maximum atomic E-state index is 12.2. The van der Waals surface area contributed by atoms with E-state index < -0.39 is 5.60 Å². The number of phenolic OH excluding ortho intramolecular Hbond substituents is 1. The highest BCUT2D eigenvalue weighted by Crippen LogP contribution is 2.22. The van der Waals surface area contributed by atoms with Gasteiger partial charge in [-0.1, -0.05) is 11.6 Å². The number of rotatable bonds is 4. The fraction of sp³-hybridized carbons (Fsp3) is 0.600. The third-order valence-electron chi connectivity index (χ3n) is 4.41. The van der Waals surface area contributed by atoms with Crippen LogP contribution in [0.25, 0.3) is 0 Å². The third kappa shape index (κ3) is 5.93. The Balaban J connectivity index is 1.81. The van der Waals surface area contributed by atoms with Crippen molar-refractivity contribution in [3.05, 3.63) is 29.3 Å². The summed E-state index contributed by atoms with van der Waals surface area (Å²) in [7, 11) is 0. The van der Waals surface area contributed by atoms with E-state index in [1.54, 1.807) is 17.0 Å².